The van der Waals surface area contributed by atoms with E-state index in [0.717, 1.165) is 18.7 Å². The average Bonchev–Trinajstić information content (AvgIpc) is 2.72. The van der Waals surface area contributed by atoms with Gasteiger partial charge >= 0.3 is 0 Å². The van der Waals surface area contributed by atoms with Crippen molar-refractivity contribution in [2.24, 2.45) is 0 Å². The van der Waals surface area contributed by atoms with Crippen LogP contribution < -0.4 is 5.32 Å². The van der Waals surface area contributed by atoms with E-state index < -0.39 is 0 Å². The van der Waals surface area contributed by atoms with Gasteiger partial charge in [0.15, 0.2) is 0 Å². The highest BCUT2D eigenvalue weighted by atomic mass is 32.1. The largest absolute Gasteiger partial charge is 0.391 e. The molecule has 2 heterocycles. The van der Waals surface area contributed by atoms with Crippen LogP contribution in [-0.2, 0) is 6.42 Å². The molecule has 0 radical (unpaired) electrons. The van der Waals surface area contributed by atoms with Gasteiger partial charge in [-0.1, -0.05) is 6.42 Å². The molecule has 4 nitrogen and oxygen atoms in total. The first kappa shape index (κ1) is 10.0. The first-order valence-corrected chi connectivity index (χ1v) is 5.77. The lowest BCUT2D eigenvalue weighted by Gasteiger charge is -2.27. The van der Waals surface area contributed by atoms with Gasteiger partial charge in [-0.05, 0) is 19.4 Å². The zero-order chi connectivity index (χ0) is 9.80. The Hall–Kier alpha value is -0.520. The van der Waals surface area contributed by atoms with E-state index >= 15 is 0 Å². The summed E-state index contributed by atoms with van der Waals surface area (Å²) in [5.41, 5.74) is 0.898. The van der Waals surface area contributed by atoms with Gasteiger partial charge in [-0.2, -0.15) is 8.75 Å². The van der Waals surface area contributed by atoms with E-state index in [9.17, 15) is 5.11 Å². The van der Waals surface area contributed by atoms with Crippen molar-refractivity contribution in [1.82, 2.24) is 14.1 Å². The minimum atomic E-state index is -0.320. The van der Waals surface area contributed by atoms with Gasteiger partial charge in [-0.15, -0.1) is 0 Å². The molecule has 78 valence electrons. The summed E-state index contributed by atoms with van der Waals surface area (Å²) in [5, 5.41) is 13.3. The highest BCUT2D eigenvalue weighted by Gasteiger charge is 2.21. The van der Waals surface area contributed by atoms with Crippen LogP contribution in [0.25, 0.3) is 0 Å². The normalized spacial score (nSPS) is 24.8. The van der Waals surface area contributed by atoms with Crippen molar-refractivity contribution in [3.63, 3.8) is 0 Å². The van der Waals surface area contributed by atoms with Gasteiger partial charge in [-0.3, -0.25) is 0 Å². The number of nitrogens with one attached hydrogen (secondary N) is 1. The fraction of sp³-hybridized carbons (Fsp3) is 0.778. The molecule has 0 aromatic carbocycles. The summed E-state index contributed by atoms with van der Waals surface area (Å²) >= 11 is 1.20. The van der Waals surface area contributed by atoms with E-state index in [0.29, 0.717) is 6.42 Å². The van der Waals surface area contributed by atoms with Crippen LogP contribution in [0, 0.1) is 0 Å². The summed E-state index contributed by atoms with van der Waals surface area (Å²) in [6, 6.07) is 0.241. The lowest BCUT2D eigenvalue weighted by atomic mass is 9.97. The fourth-order valence-electron chi connectivity index (χ4n) is 1.84. The van der Waals surface area contributed by atoms with Gasteiger partial charge in [0, 0.05) is 12.5 Å². The molecular weight excluding hydrogens is 198 g/mol. The minimum Gasteiger partial charge on any atom is -0.391 e. The molecule has 14 heavy (non-hydrogen) atoms. The number of aliphatic hydroxyl groups excluding tert-OH is 1. The molecular formula is C9H15N3OS. The van der Waals surface area contributed by atoms with Gasteiger partial charge in [0.05, 0.1) is 29.7 Å². The molecule has 0 aliphatic carbocycles. The van der Waals surface area contributed by atoms with Gasteiger partial charge in [-0.25, -0.2) is 0 Å². The zero-order valence-electron chi connectivity index (χ0n) is 8.02. The Bertz CT molecular complexity index is 259. The molecule has 0 bridgehead atoms. The van der Waals surface area contributed by atoms with E-state index in [1.54, 1.807) is 6.20 Å². The number of hydrogen-bond acceptors (Lipinski definition) is 5. The molecule has 1 aliphatic heterocycles. The second kappa shape index (κ2) is 4.82. The van der Waals surface area contributed by atoms with Crippen molar-refractivity contribution in [3.05, 3.63) is 11.9 Å². The third-order valence-corrected chi connectivity index (χ3v) is 3.15. The SMILES string of the molecule is OC(Cc1cnsn1)C1CCCCN1. The summed E-state index contributed by atoms with van der Waals surface area (Å²) in [4.78, 5) is 0. The van der Waals surface area contributed by atoms with Crippen molar-refractivity contribution in [2.45, 2.75) is 37.8 Å². The van der Waals surface area contributed by atoms with E-state index in [1.807, 2.05) is 0 Å². The van der Waals surface area contributed by atoms with Crippen molar-refractivity contribution in [1.29, 1.82) is 0 Å². The topological polar surface area (TPSA) is 58.0 Å². The Morgan fingerprint density at radius 2 is 2.57 bits per heavy atom. The average molecular weight is 213 g/mol. The Labute approximate surface area is 87.7 Å². The lowest BCUT2D eigenvalue weighted by molar-refractivity contribution is 0.112. The van der Waals surface area contributed by atoms with Gasteiger partial charge < -0.3 is 10.4 Å². The van der Waals surface area contributed by atoms with Crippen molar-refractivity contribution >= 4 is 11.7 Å². The molecule has 1 fully saturated rings. The number of rotatable bonds is 3. The molecule has 2 N–H and O–H groups in total. The molecule has 2 unspecified atom stereocenters. The number of piperidine rings is 1. The van der Waals surface area contributed by atoms with Gasteiger partial charge in [0.2, 0.25) is 0 Å². The summed E-state index contributed by atoms with van der Waals surface area (Å²) in [5.74, 6) is 0. The number of aromatic nitrogens is 2. The molecule has 1 aromatic heterocycles. The summed E-state index contributed by atoms with van der Waals surface area (Å²) in [6.07, 6.45) is 5.54. The molecule has 0 spiro atoms. The molecule has 1 saturated heterocycles. The van der Waals surface area contributed by atoms with Crippen LogP contribution in [0.4, 0.5) is 0 Å². The lowest BCUT2D eigenvalue weighted by Crippen LogP contribution is -2.44. The zero-order valence-corrected chi connectivity index (χ0v) is 8.83. The Balaban J connectivity index is 1.85. The van der Waals surface area contributed by atoms with Crippen LogP contribution in [0.2, 0.25) is 0 Å². The predicted molar refractivity (Wildman–Crippen MR) is 55.3 cm³/mol. The van der Waals surface area contributed by atoms with Crippen molar-refractivity contribution in [2.75, 3.05) is 6.54 Å². The Kier molecular flexibility index (Phi) is 3.44. The smallest absolute Gasteiger partial charge is 0.0769 e. The number of hydrogen-bond donors (Lipinski definition) is 2. The Morgan fingerprint density at radius 1 is 1.64 bits per heavy atom. The molecule has 5 heteroatoms. The molecule has 2 atom stereocenters. The maximum Gasteiger partial charge on any atom is 0.0769 e. The summed E-state index contributed by atoms with van der Waals surface area (Å²) in [6.45, 7) is 1.02. The maximum absolute atomic E-state index is 9.92. The maximum atomic E-state index is 9.92. The van der Waals surface area contributed by atoms with Crippen LogP contribution in [0.5, 0.6) is 0 Å². The second-order valence-electron chi connectivity index (χ2n) is 3.73. The predicted octanol–water partition coefficient (Wildman–Crippen LogP) is 0.584. The third-order valence-electron chi connectivity index (χ3n) is 2.64. The standard InChI is InChI=1S/C9H15N3OS/c13-9(5-7-6-11-14-12-7)8-3-1-2-4-10-8/h6,8-10,13H,1-5H2. The fourth-order valence-corrected chi connectivity index (χ4v) is 2.28. The minimum absolute atomic E-state index is 0.241. The molecule has 1 aromatic rings. The summed E-state index contributed by atoms with van der Waals surface area (Å²) < 4.78 is 8.01. The van der Waals surface area contributed by atoms with Crippen molar-refractivity contribution in [3.8, 4) is 0 Å². The van der Waals surface area contributed by atoms with Crippen LogP contribution >= 0.6 is 11.7 Å². The third kappa shape index (κ3) is 2.50. The van der Waals surface area contributed by atoms with E-state index in [1.165, 1.54) is 24.6 Å². The van der Waals surface area contributed by atoms with Gasteiger partial charge in [0.1, 0.15) is 0 Å². The second-order valence-corrected chi connectivity index (χ2v) is 4.28. The highest BCUT2D eigenvalue weighted by molar-refractivity contribution is 6.99. The summed E-state index contributed by atoms with van der Waals surface area (Å²) in [7, 11) is 0. The molecule has 0 saturated carbocycles. The Morgan fingerprint density at radius 3 is 3.21 bits per heavy atom. The quantitative estimate of drug-likeness (QED) is 0.771. The van der Waals surface area contributed by atoms with Crippen molar-refractivity contribution < 1.29 is 5.11 Å². The first-order chi connectivity index (χ1) is 6.86. The van der Waals surface area contributed by atoms with Crippen LogP contribution in [-0.4, -0.2) is 32.5 Å². The number of aliphatic hydroxyl groups is 1. The van der Waals surface area contributed by atoms with Crippen LogP contribution in [0.3, 0.4) is 0 Å². The molecule has 1 aliphatic rings. The van der Waals surface area contributed by atoms with E-state index in [-0.39, 0.29) is 12.1 Å². The molecule has 2 rings (SSSR count). The first-order valence-electron chi connectivity index (χ1n) is 5.04. The van der Waals surface area contributed by atoms with Crippen LogP contribution in [0.1, 0.15) is 25.0 Å². The monoisotopic (exact) mass is 213 g/mol. The van der Waals surface area contributed by atoms with E-state index in [2.05, 4.69) is 14.1 Å². The molecule has 0 amide bonds. The highest BCUT2D eigenvalue weighted by Crippen LogP contribution is 2.13. The van der Waals surface area contributed by atoms with Crippen LogP contribution in [0.15, 0.2) is 6.20 Å². The van der Waals surface area contributed by atoms with E-state index in [4.69, 9.17) is 0 Å². The van der Waals surface area contributed by atoms with Gasteiger partial charge in [0.25, 0.3) is 0 Å². The number of nitrogens with zero attached hydrogens (tertiary/aromatic N) is 2.